The van der Waals surface area contributed by atoms with Crippen molar-refractivity contribution in [1.82, 2.24) is 10.2 Å². The SMILES string of the molecule is CCCCNC(=O)C(Cc1ccccc1)N(Cc1ccccc1Cl)C(=O)CN(c1cccc(Cl)c1Cl)S(C)(=O)=O. The predicted octanol–water partition coefficient (Wildman–Crippen LogP) is 5.97. The minimum Gasteiger partial charge on any atom is -0.354 e. The molecule has 40 heavy (non-hydrogen) atoms. The number of rotatable bonds is 13. The third-order valence-corrected chi connectivity index (χ3v) is 8.58. The number of sulfonamides is 1. The van der Waals surface area contributed by atoms with Crippen LogP contribution in [0.5, 0.6) is 0 Å². The number of halogens is 3. The zero-order valence-electron chi connectivity index (χ0n) is 22.3. The van der Waals surface area contributed by atoms with E-state index in [1.165, 1.54) is 17.0 Å². The summed E-state index contributed by atoms with van der Waals surface area (Å²) in [7, 11) is -3.97. The van der Waals surface area contributed by atoms with E-state index in [0.29, 0.717) is 17.1 Å². The van der Waals surface area contributed by atoms with Gasteiger partial charge in [0.15, 0.2) is 0 Å². The Labute approximate surface area is 251 Å². The highest BCUT2D eigenvalue weighted by atomic mass is 35.5. The molecular formula is C29H32Cl3N3O4S. The third kappa shape index (κ3) is 8.61. The fourth-order valence-electron chi connectivity index (χ4n) is 4.15. The zero-order chi connectivity index (χ0) is 29.3. The summed E-state index contributed by atoms with van der Waals surface area (Å²) in [6.45, 7) is 1.85. The van der Waals surface area contributed by atoms with Crippen molar-refractivity contribution in [3.05, 3.63) is 99.0 Å². The van der Waals surface area contributed by atoms with E-state index in [1.54, 1.807) is 30.3 Å². The van der Waals surface area contributed by atoms with Gasteiger partial charge in [0, 0.05) is 24.5 Å². The lowest BCUT2D eigenvalue weighted by atomic mass is 10.0. The number of anilines is 1. The monoisotopic (exact) mass is 623 g/mol. The number of hydrogen-bond donors (Lipinski definition) is 1. The highest BCUT2D eigenvalue weighted by Crippen LogP contribution is 2.34. The minimum atomic E-state index is -3.97. The number of carbonyl (C=O) groups is 2. The summed E-state index contributed by atoms with van der Waals surface area (Å²) in [4.78, 5) is 29.0. The number of unbranched alkanes of at least 4 members (excludes halogenated alkanes) is 1. The van der Waals surface area contributed by atoms with E-state index < -0.39 is 28.5 Å². The van der Waals surface area contributed by atoms with Gasteiger partial charge in [-0.1, -0.05) is 103 Å². The number of amides is 2. The lowest BCUT2D eigenvalue weighted by Gasteiger charge is -2.34. The van der Waals surface area contributed by atoms with E-state index in [0.717, 1.165) is 29.0 Å². The van der Waals surface area contributed by atoms with Gasteiger partial charge in [-0.05, 0) is 35.7 Å². The summed E-state index contributed by atoms with van der Waals surface area (Å²) in [5, 5.41) is 3.50. The number of benzene rings is 3. The van der Waals surface area contributed by atoms with Gasteiger partial charge in [0.25, 0.3) is 0 Å². The van der Waals surface area contributed by atoms with Gasteiger partial charge in [-0.25, -0.2) is 8.42 Å². The van der Waals surface area contributed by atoms with Crippen molar-refractivity contribution in [1.29, 1.82) is 0 Å². The molecule has 0 heterocycles. The minimum absolute atomic E-state index is 0.00168. The smallest absolute Gasteiger partial charge is 0.244 e. The summed E-state index contributed by atoms with van der Waals surface area (Å²) < 4.78 is 26.7. The second kappa shape index (κ2) is 14.7. The maximum atomic E-state index is 14.1. The van der Waals surface area contributed by atoms with Crippen molar-refractivity contribution < 1.29 is 18.0 Å². The predicted molar refractivity (Wildman–Crippen MR) is 163 cm³/mol. The Morgan fingerprint density at radius 1 is 0.900 bits per heavy atom. The van der Waals surface area contributed by atoms with E-state index >= 15 is 0 Å². The van der Waals surface area contributed by atoms with Crippen molar-refractivity contribution in [2.75, 3.05) is 23.7 Å². The molecule has 0 spiro atoms. The Morgan fingerprint density at radius 2 is 1.55 bits per heavy atom. The second-order valence-electron chi connectivity index (χ2n) is 9.31. The molecule has 0 radical (unpaired) electrons. The summed E-state index contributed by atoms with van der Waals surface area (Å²) in [5.74, 6) is -0.947. The molecule has 2 amide bonds. The van der Waals surface area contributed by atoms with Crippen LogP contribution in [-0.2, 0) is 32.6 Å². The van der Waals surface area contributed by atoms with Gasteiger partial charge in [-0.2, -0.15) is 0 Å². The number of carbonyl (C=O) groups excluding carboxylic acids is 2. The van der Waals surface area contributed by atoms with Gasteiger partial charge in [0.2, 0.25) is 21.8 Å². The quantitative estimate of drug-likeness (QED) is 0.238. The molecule has 0 aliphatic heterocycles. The van der Waals surface area contributed by atoms with Gasteiger partial charge in [0.05, 0.1) is 22.0 Å². The highest BCUT2D eigenvalue weighted by Gasteiger charge is 2.33. The molecule has 3 aromatic rings. The first-order chi connectivity index (χ1) is 19.0. The van der Waals surface area contributed by atoms with Crippen LogP contribution in [0.1, 0.15) is 30.9 Å². The van der Waals surface area contributed by atoms with Crippen molar-refractivity contribution >= 4 is 62.3 Å². The van der Waals surface area contributed by atoms with Gasteiger partial charge in [-0.15, -0.1) is 0 Å². The molecule has 1 unspecified atom stereocenters. The third-order valence-electron chi connectivity index (χ3n) is 6.28. The van der Waals surface area contributed by atoms with Crippen LogP contribution in [0.25, 0.3) is 0 Å². The Balaban J connectivity index is 2.07. The largest absolute Gasteiger partial charge is 0.354 e. The topological polar surface area (TPSA) is 86.8 Å². The van der Waals surface area contributed by atoms with Crippen molar-refractivity contribution in [3.8, 4) is 0 Å². The van der Waals surface area contributed by atoms with Crippen molar-refractivity contribution in [3.63, 3.8) is 0 Å². The zero-order valence-corrected chi connectivity index (χ0v) is 25.4. The number of hydrogen-bond acceptors (Lipinski definition) is 4. The average Bonchev–Trinajstić information content (AvgIpc) is 2.92. The maximum Gasteiger partial charge on any atom is 0.244 e. The first-order valence-corrected chi connectivity index (χ1v) is 15.8. The van der Waals surface area contributed by atoms with Gasteiger partial charge in [-0.3, -0.25) is 13.9 Å². The molecule has 0 aromatic heterocycles. The van der Waals surface area contributed by atoms with Gasteiger partial charge in [0.1, 0.15) is 12.6 Å². The molecule has 0 saturated carbocycles. The summed E-state index contributed by atoms with van der Waals surface area (Å²) in [6, 6.07) is 19.9. The summed E-state index contributed by atoms with van der Waals surface area (Å²) in [5.41, 5.74) is 1.52. The van der Waals surface area contributed by atoms with Crippen LogP contribution >= 0.6 is 34.8 Å². The van der Waals surface area contributed by atoms with Crippen LogP contribution in [0, 0.1) is 0 Å². The molecule has 0 fully saturated rings. The Bertz CT molecular complexity index is 1420. The molecule has 3 aromatic carbocycles. The maximum absolute atomic E-state index is 14.1. The molecule has 0 aliphatic carbocycles. The van der Waals surface area contributed by atoms with Crippen LogP contribution in [0.4, 0.5) is 5.69 Å². The second-order valence-corrected chi connectivity index (χ2v) is 12.4. The molecule has 3 rings (SSSR count). The van der Waals surface area contributed by atoms with Crippen LogP contribution in [-0.4, -0.2) is 50.5 Å². The molecule has 0 saturated heterocycles. The molecule has 7 nitrogen and oxygen atoms in total. The highest BCUT2D eigenvalue weighted by molar-refractivity contribution is 7.92. The molecular weight excluding hydrogens is 593 g/mol. The summed E-state index contributed by atoms with van der Waals surface area (Å²) in [6.07, 6.45) is 2.85. The number of nitrogens with one attached hydrogen (secondary N) is 1. The number of nitrogens with zero attached hydrogens (tertiary/aromatic N) is 2. The fraction of sp³-hybridized carbons (Fsp3) is 0.310. The van der Waals surface area contributed by atoms with Gasteiger partial charge >= 0.3 is 0 Å². The van der Waals surface area contributed by atoms with Crippen LogP contribution in [0.2, 0.25) is 15.1 Å². The van der Waals surface area contributed by atoms with Crippen molar-refractivity contribution in [2.45, 2.75) is 38.8 Å². The summed E-state index contributed by atoms with van der Waals surface area (Å²) >= 11 is 19.0. The molecule has 0 aliphatic rings. The van der Waals surface area contributed by atoms with Crippen LogP contribution in [0.15, 0.2) is 72.8 Å². The van der Waals surface area contributed by atoms with E-state index in [9.17, 15) is 18.0 Å². The van der Waals surface area contributed by atoms with E-state index in [-0.39, 0.29) is 34.6 Å². The standard InChI is InChI=1S/C29H32Cl3N3O4S/c1-3-4-17-33-29(37)26(18-21-11-6-5-7-12-21)34(19-22-13-8-9-14-23(22)30)27(36)20-35(40(2,38)39)25-16-10-15-24(31)28(25)32/h5-16,26H,3-4,17-20H2,1-2H3,(H,33,37). The van der Waals surface area contributed by atoms with Crippen LogP contribution in [0.3, 0.4) is 0 Å². The Kier molecular flexibility index (Phi) is 11.7. The van der Waals surface area contributed by atoms with Gasteiger partial charge < -0.3 is 10.2 Å². The van der Waals surface area contributed by atoms with Crippen molar-refractivity contribution in [2.24, 2.45) is 0 Å². The Morgan fingerprint density at radius 3 is 2.20 bits per heavy atom. The molecule has 11 heteroatoms. The van der Waals surface area contributed by atoms with E-state index in [2.05, 4.69) is 5.32 Å². The Hall–Kier alpha value is -2.78. The lowest BCUT2D eigenvalue weighted by molar-refractivity contribution is -0.140. The first kappa shape index (κ1) is 31.7. The molecule has 1 N–H and O–H groups in total. The normalized spacial score (nSPS) is 12.0. The van der Waals surface area contributed by atoms with E-state index in [1.807, 2.05) is 37.3 Å². The molecule has 1 atom stereocenters. The fourth-order valence-corrected chi connectivity index (χ4v) is 5.65. The first-order valence-electron chi connectivity index (χ1n) is 12.8. The lowest BCUT2D eigenvalue weighted by Crippen LogP contribution is -2.53. The average molecular weight is 625 g/mol. The van der Waals surface area contributed by atoms with Crippen LogP contribution < -0.4 is 9.62 Å². The molecule has 214 valence electrons. The molecule has 0 bridgehead atoms. The van der Waals surface area contributed by atoms with E-state index in [4.69, 9.17) is 34.8 Å².